The number of halogens is 2. The van der Waals surface area contributed by atoms with Gasteiger partial charge in [0, 0.05) is 20.6 Å². The topological polar surface area (TPSA) is 20.2 Å². The predicted octanol–water partition coefficient (Wildman–Crippen LogP) is 4.48. The Kier molecular flexibility index (Phi) is 2.98. The molecule has 0 amide bonds. The number of phenolic OH excluding ortho intramolecular Hbond substituents is 1. The van der Waals surface area contributed by atoms with E-state index in [-0.39, 0.29) is 5.75 Å². The van der Waals surface area contributed by atoms with Crippen LogP contribution in [0.4, 0.5) is 0 Å². The highest BCUT2D eigenvalue weighted by Gasteiger charge is 2.07. The highest BCUT2D eigenvalue weighted by Crippen LogP contribution is 2.35. The summed E-state index contributed by atoms with van der Waals surface area (Å²) in [7, 11) is 0. The Labute approximate surface area is 101 Å². The number of hydrogen-bond acceptors (Lipinski definition) is 1. The van der Waals surface area contributed by atoms with Gasteiger partial charge in [0.1, 0.15) is 5.75 Å². The Morgan fingerprint density at radius 2 is 1.73 bits per heavy atom. The molecule has 0 aromatic heterocycles. The van der Waals surface area contributed by atoms with Gasteiger partial charge in [-0.05, 0) is 24.3 Å². The Balaban J connectivity index is 2.64. The molecule has 0 fully saturated rings. The second-order valence-corrected chi connectivity index (χ2v) is 4.46. The molecule has 0 radical (unpaired) electrons. The zero-order valence-corrected chi connectivity index (χ0v) is 10.1. The maximum absolute atomic E-state index is 9.71. The summed E-state index contributed by atoms with van der Waals surface area (Å²) in [5.74, 6) is 0.234. The highest BCUT2D eigenvalue weighted by atomic mass is 79.9. The van der Waals surface area contributed by atoms with E-state index >= 15 is 0 Å². The molecule has 2 rings (SSSR count). The van der Waals surface area contributed by atoms with Gasteiger partial charge in [-0.1, -0.05) is 45.7 Å². The van der Waals surface area contributed by atoms with Crippen LogP contribution in [0.15, 0.2) is 46.9 Å². The molecule has 0 bridgehead atoms. The molecule has 0 saturated heterocycles. The van der Waals surface area contributed by atoms with Gasteiger partial charge in [-0.2, -0.15) is 0 Å². The van der Waals surface area contributed by atoms with Crippen molar-refractivity contribution in [2.24, 2.45) is 0 Å². The third kappa shape index (κ3) is 2.16. The van der Waals surface area contributed by atoms with Crippen LogP contribution >= 0.6 is 27.5 Å². The van der Waals surface area contributed by atoms with Crippen LogP contribution in [0.3, 0.4) is 0 Å². The Morgan fingerprint density at radius 3 is 2.47 bits per heavy atom. The molecule has 76 valence electrons. The molecule has 0 saturated carbocycles. The van der Waals surface area contributed by atoms with Crippen molar-refractivity contribution < 1.29 is 5.11 Å². The molecule has 3 heteroatoms. The maximum atomic E-state index is 9.71. The van der Waals surface area contributed by atoms with E-state index in [9.17, 15) is 5.11 Å². The minimum absolute atomic E-state index is 0.234. The molecule has 0 aliphatic heterocycles. The number of rotatable bonds is 1. The molecule has 0 aliphatic rings. The standard InChI is InChI=1S/C12H8BrClO/c13-8-5-6-11(14)10(7-8)9-3-1-2-4-12(9)15/h1-7,15H. The summed E-state index contributed by atoms with van der Waals surface area (Å²) in [5, 5.41) is 10.3. The van der Waals surface area contributed by atoms with Gasteiger partial charge in [0.25, 0.3) is 0 Å². The van der Waals surface area contributed by atoms with E-state index in [1.807, 2.05) is 24.3 Å². The molecular weight excluding hydrogens is 275 g/mol. The van der Waals surface area contributed by atoms with Crippen LogP contribution < -0.4 is 0 Å². The average molecular weight is 284 g/mol. The van der Waals surface area contributed by atoms with Crippen molar-refractivity contribution in [1.29, 1.82) is 0 Å². The molecule has 0 spiro atoms. The summed E-state index contributed by atoms with van der Waals surface area (Å²) in [5.41, 5.74) is 1.56. The smallest absolute Gasteiger partial charge is 0.123 e. The minimum atomic E-state index is 0.234. The molecule has 0 heterocycles. The highest BCUT2D eigenvalue weighted by molar-refractivity contribution is 9.10. The lowest BCUT2D eigenvalue weighted by molar-refractivity contribution is 0.477. The lowest BCUT2D eigenvalue weighted by Gasteiger charge is -2.07. The summed E-state index contributed by atoms with van der Waals surface area (Å²) >= 11 is 9.45. The SMILES string of the molecule is Oc1ccccc1-c1cc(Br)ccc1Cl. The van der Waals surface area contributed by atoms with Gasteiger partial charge >= 0.3 is 0 Å². The van der Waals surface area contributed by atoms with Crippen molar-refractivity contribution in [3.63, 3.8) is 0 Å². The summed E-state index contributed by atoms with van der Waals surface area (Å²) in [6, 6.07) is 12.7. The Hall–Kier alpha value is -0.990. The molecule has 15 heavy (non-hydrogen) atoms. The summed E-state index contributed by atoms with van der Waals surface area (Å²) in [6.45, 7) is 0. The van der Waals surface area contributed by atoms with Crippen LogP contribution in [0, 0.1) is 0 Å². The maximum Gasteiger partial charge on any atom is 0.123 e. The van der Waals surface area contributed by atoms with Crippen molar-refractivity contribution in [2.75, 3.05) is 0 Å². The van der Waals surface area contributed by atoms with E-state index in [2.05, 4.69) is 15.9 Å². The van der Waals surface area contributed by atoms with Crippen LogP contribution in [0.1, 0.15) is 0 Å². The lowest BCUT2D eigenvalue weighted by Crippen LogP contribution is -1.80. The molecule has 0 unspecified atom stereocenters. The quantitative estimate of drug-likeness (QED) is 0.818. The van der Waals surface area contributed by atoms with Crippen molar-refractivity contribution in [3.8, 4) is 16.9 Å². The zero-order chi connectivity index (χ0) is 10.8. The third-order valence-electron chi connectivity index (χ3n) is 2.12. The van der Waals surface area contributed by atoms with Gasteiger partial charge in [-0.25, -0.2) is 0 Å². The first kappa shape index (κ1) is 10.5. The molecule has 1 nitrogen and oxygen atoms in total. The van der Waals surface area contributed by atoms with E-state index in [4.69, 9.17) is 11.6 Å². The number of aromatic hydroxyl groups is 1. The first-order valence-electron chi connectivity index (χ1n) is 4.42. The number of phenols is 1. The van der Waals surface area contributed by atoms with Crippen molar-refractivity contribution in [2.45, 2.75) is 0 Å². The number of benzene rings is 2. The molecule has 2 aromatic rings. The first-order valence-corrected chi connectivity index (χ1v) is 5.59. The monoisotopic (exact) mass is 282 g/mol. The van der Waals surface area contributed by atoms with Crippen LogP contribution in [0.2, 0.25) is 5.02 Å². The van der Waals surface area contributed by atoms with E-state index in [1.165, 1.54) is 0 Å². The molecule has 2 aromatic carbocycles. The van der Waals surface area contributed by atoms with Gasteiger partial charge in [-0.3, -0.25) is 0 Å². The van der Waals surface area contributed by atoms with Gasteiger partial charge in [0.15, 0.2) is 0 Å². The fourth-order valence-electron chi connectivity index (χ4n) is 1.41. The average Bonchev–Trinajstić information content (AvgIpc) is 2.23. The summed E-state index contributed by atoms with van der Waals surface area (Å²) < 4.78 is 0.935. The first-order chi connectivity index (χ1) is 7.18. The van der Waals surface area contributed by atoms with Gasteiger partial charge in [-0.15, -0.1) is 0 Å². The van der Waals surface area contributed by atoms with Crippen LogP contribution in [-0.2, 0) is 0 Å². The van der Waals surface area contributed by atoms with Gasteiger partial charge in [0.05, 0.1) is 0 Å². The molecular formula is C12H8BrClO. The summed E-state index contributed by atoms with van der Waals surface area (Å²) in [6.07, 6.45) is 0. The second-order valence-electron chi connectivity index (χ2n) is 3.14. The van der Waals surface area contributed by atoms with Crippen LogP contribution in [-0.4, -0.2) is 5.11 Å². The van der Waals surface area contributed by atoms with Crippen molar-refractivity contribution >= 4 is 27.5 Å². The van der Waals surface area contributed by atoms with Crippen molar-refractivity contribution in [3.05, 3.63) is 52.0 Å². The largest absolute Gasteiger partial charge is 0.507 e. The minimum Gasteiger partial charge on any atom is -0.507 e. The van der Waals surface area contributed by atoms with E-state index < -0.39 is 0 Å². The van der Waals surface area contributed by atoms with Gasteiger partial charge < -0.3 is 5.11 Å². The molecule has 0 atom stereocenters. The van der Waals surface area contributed by atoms with E-state index in [0.29, 0.717) is 5.02 Å². The van der Waals surface area contributed by atoms with Crippen LogP contribution in [0.25, 0.3) is 11.1 Å². The second kappa shape index (κ2) is 4.25. The number of para-hydroxylation sites is 1. The Bertz CT molecular complexity index is 497. The van der Waals surface area contributed by atoms with E-state index in [1.54, 1.807) is 18.2 Å². The molecule has 0 aliphatic carbocycles. The van der Waals surface area contributed by atoms with Crippen LogP contribution in [0.5, 0.6) is 5.75 Å². The van der Waals surface area contributed by atoms with Gasteiger partial charge in [0.2, 0.25) is 0 Å². The number of hydrogen-bond donors (Lipinski definition) is 1. The normalized spacial score (nSPS) is 10.3. The summed E-state index contributed by atoms with van der Waals surface area (Å²) in [4.78, 5) is 0. The fourth-order valence-corrected chi connectivity index (χ4v) is 1.99. The third-order valence-corrected chi connectivity index (χ3v) is 2.95. The fraction of sp³-hybridized carbons (Fsp3) is 0. The Morgan fingerprint density at radius 1 is 1.00 bits per heavy atom. The predicted molar refractivity (Wildman–Crippen MR) is 66.3 cm³/mol. The lowest BCUT2D eigenvalue weighted by atomic mass is 10.1. The zero-order valence-electron chi connectivity index (χ0n) is 7.74. The van der Waals surface area contributed by atoms with E-state index in [0.717, 1.165) is 15.6 Å². The molecule has 1 N–H and O–H groups in total. The van der Waals surface area contributed by atoms with Crippen molar-refractivity contribution in [1.82, 2.24) is 0 Å².